The van der Waals surface area contributed by atoms with E-state index in [9.17, 15) is 4.79 Å². The minimum Gasteiger partial charge on any atom is -0.345 e. The van der Waals surface area contributed by atoms with Crippen LogP contribution in [0, 0.1) is 5.41 Å². The van der Waals surface area contributed by atoms with E-state index < -0.39 is 5.41 Å². The van der Waals surface area contributed by atoms with Crippen LogP contribution in [-0.4, -0.2) is 10.9 Å². The fourth-order valence-electron chi connectivity index (χ4n) is 1.90. The summed E-state index contributed by atoms with van der Waals surface area (Å²) < 4.78 is 0. The highest BCUT2D eigenvalue weighted by Gasteiger charge is 2.25. The first kappa shape index (κ1) is 14.3. The molecular formula is C17H20N2O. The molecule has 0 radical (unpaired) electrons. The molecule has 0 fully saturated rings. The van der Waals surface area contributed by atoms with Crippen molar-refractivity contribution in [2.75, 3.05) is 0 Å². The Balaban J connectivity index is 2.34. The third kappa shape index (κ3) is 3.44. The maximum atomic E-state index is 12.3. The molecule has 0 aliphatic heterocycles. The summed E-state index contributed by atoms with van der Waals surface area (Å²) in [7, 11) is 0. The summed E-state index contributed by atoms with van der Waals surface area (Å²) >= 11 is 0. The Labute approximate surface area is 120 Å². The van der Waals surface area contributed by atoms with Gasteiger partial charge in [-0.2, -0.15) is 0 Å². The van der Waals surface area contributed by atoms with E-state index in [2.05, 4.69) is 10.3 Å². The molecule has 1 N–H and O–H groups in total. The first-order chi connectivity index (χ1) is 9.48. The van der Waals surface area contributed by atoms with E-state index in [1.54, 1.807) is 12.4 Å². The van der Waals surface area contributed by atoms with Crippen molar-refractivity contribution in [3.63, 3.8) is 0 Å². The van der Waals surface area contributed by atoms with Crippen LogP contribution in [0.4, 0.5) is 0 Å². The fourth-order valence-corrected chi connectivity index (χ4v) is 1.90. The molecule has 1 aromatic carbocycles. The predicted molar refractivity (Wildman–Crippen MR) is 80.1 cm³/mol. The minimum absolute atomic E-state index is 0.0233. The van der Waals surface area contributed by atoms with E-state index in [1.165, 1.54) is 0 Å². The van der Waals surface area contributed by atoms with Crippen molar-refractivity contribution in [3.8, 4) is 0 Å². The van der Waals surface area contributed by atoms with Crippen LogP contribution in [0.3, 0.4) is 0 Å². The molecule has 0 saturated heterocycles. The monoisotopic (exact) mass is 268 g/mol. The molecular weight excluding hydrogens is 248 g/mol. The van der Waals surface area contributed by atoms with Crippen molar-refractivity contribution in [1.29, 1.82) is 0 Å². The lowest BCUT2D eigenvalue weighted by Crippen LogP contribution is -2.37. The number of carbonyl (C=O) groups is 1. The van der Waals surface area contributed by atoms with Gasteiger partial charge in [0.25, 0.3) is 0 Å². The molecule has 0 unspecified atom stereocenters. The number of rotatable bonds is 3. The van der Waals surface area contributed by atoms with Gasteiger partial charge < -0.3 is 5.32 Å². The second-order valence-corrected chi connectivity index (χ2v) is 5.85. The number of amides is 1. The van der Waals surface area contributed by atoms with Crippen LogP contribution in [0.5, 0.6) is 0 Å². The molecule has 1 aromatic heterocycles. The number of aromatic nitrogens is 1. The van der Waals surface area contributed by atoms with Gasteiger partial charge in [-0.15, -0.1) is 0 Å². The molecule has 3 heteroatoms. The molecule has 1 heterocycles. The lowest BCUT2D eigenvalue weighted by atomic mass is 9.93. The van der Waals surface area contributed by atoms with E-state index in [0.29, 0.717) is 0 Å². The summed E-state index contributed by atoms with van der Waals surface area (Å²) in [6.45, 7) is 5.73. The molecule has 104 valence electrons. The van der Waals surface area contributed by atoms with Gasteiger partial charge in [0.1, 0.15) is 0 Å². The first-order valence-corrected chi connectivity index (χ1v) is 6.74. The van der Waals surface area contributed by atoms with Crippen molar-refractivity contribution in [1.82, 2.24) is 10.3 Å². The zero-order chi connectivity index (χ0) is 14.6. The Morgan fingerprint density at radius 2 is 1.70 bits per heavy atom. The molecule has 1 atom stereocenters. The van der Waals surface area contributed by atoms with Gasteiger partial charge in [-0.25, -0.2) is 0 Å². The molecule has 2 aromatic rings. The Bertz CT molecular complexity index is 519. The maximum Gasteiger partial charge on any atom is 0.226 e. The molecule has 0 bridgehead atoms. The van der Waals surface area contributed by atoms with Crippen LogP contribution >= 0.6 is 0 Å². The van der Waals surface area contributed by atoms with Gasteiger partial charge in [0.15, 0.2) is 0 Å². The average Bonchev–Trinajstić information content (AvgIpc) is 2.45. The van der Waals surface area contributed by atoms with Gasteiger partial charge in [-0.1, -0.05) is 57.2 Å². The van der Waals surface area contributed by atoms with Gasteiger partial charge in [-0.3, -0.25) is 9.78 Å². The summed E-state index contributed by atoms with van der Waals surface area (Å²) in [6.07, 6.45) is 3.53. The number of nitrogens with zero attached hydrogens (tertiary/aromatic N) is 1. The highest BCUT2D eigenvalue weighted by atomic mass is 16.2. The van der Waals surface area contributed by atoms with Gasteiger partial charge in [0, 0.05) is 17.8 Å². The average molecular weight is 268 g/mol. The topological polar surface area (TPSA) is 42.0 Å². The number of benzene rings is 1. The largest absolute Gasteiger partial charge is 0.345 e. The van der Waals surface area contributed by atoms with Crippen molar-refractivity contribution in [3.05, 3.63) is 66.0 Å². The summed E-state index contributed by atoms with van der Waals surface area (Å²) in [4.78, 5) is 16.4. The second kappa shape index (κ2) is 5.87. The highest BCUT2D eigenvalue weighted by Crippen LogP contribution is 2.23. The fraction of sp³-hybridized carbons (Fsp3) is 0.294. The zero-order valence-electron chi connectivity index (χ0n) is 12.1. The molecule has 1 amide bonds. The van der Waals surface area contributed by atoms with Gasteiger partial charge >= 0.3 is 0 Å². The number of hydrogen-bond donors (Lipinski definition) is 1. The number of nitrogens with one attached hydrogen (secondary N) is 1. The van der Waals surface area contributed by atoms with Crippen molar-refractivity contribution >= 4 is 5.91 Å². The van der Waals surface area contributed by atoms with E-state index in [0.717, 1.165) is 11.1 Å². The third-order valence-corrected chi connectivity index (χ3v) is 3.11. The number of pyridine rings is 1. The van der Waals surface area contributed by atoms with Crippen LogP contribution in [0.25, 0.3) is 0 Å². The van der Waals surface area contributed by atoms with Gasteiger partial charge in [0.05, 0.1) is 6.04 Å². The molecule has 3 nitrogen and oxygen atoms in total. The van der Waals surface area contributed by atoms with E-state index in [1.807, 2.05) is 63.2 Å². The van der Waals surface area contributed by atoms with Crippen LogP contribution in [0.15, 0.2) is 54.9 Å². The van der Waals surface area contributed by atoms with Crippen LogP contribution in [-0.2, 0) is 4.79 Å². The zero-order valence-corrected chi connectivity index (χ0v) is 12.1. The Kier molecular flexibility index (Phi) is 4.18. The Morgan fingerprint density at radius 1 is 1.05 bits per heavy atom. The van der Waals surface area contributed by atoms with Crippen LogP contribution in [0.2, 0.25) is 0 Å². The van der Waals surface area contributed by atoms with Crippen LogP contribution in [0.1, 0.15) is 37.9 Å². The molecule has 2 rings (SSSR count). The molecule has 20 heavy (non-hydrogen) atoms. The summed E-state index contributed by atoms with van der Waals surface area (Å²) in [6, 6.07) is 13.6. The third-order valence-electron chi connectivity index (χ3n) is 3.11. The highest BCUT2D eigenvalue weighted by molar-refractivity contribution is 5.82. The van der Waals surface area contributed by atoms with Crippen molar-refractivity contribution in [2.45, 2.75) is 26.8 Å². The Morgan fingerprint density at radius 3 is 2.25 bits per heavy atom. The molecule has 0 aliphatic rings. The normalized spacial score (nSPS) is 12.8. The summed E-state index contributed by atoms with van der Waals surface area (Å²) in [5, 5.41) is 3.11. The Hall–Kier alpha value is -2.16. The first-order valence-electron chi connectivity index (χ1n) is 6.74. The van der Waals surface area contributed by atoms with Crippen molar-refractivity contribution in [2.24, 2.45) is 5.41 Å². The van der Waals surface area contributed by atoms with E-state index in [-0.39, 0.29) is 11.9 Å². The minimum atomic E-state index is -0.421. The molecule has 0 saturated carbocycles. The SMILES string of the molecule is CC(C)(C)C(=O)N[C@@H](c1ccccc1)c1cccnc1. The maximum absolute atomic E-state index is 12.3. The van der Waals surface area contributed by atoms with Gasteiger partial charge in [0.2, 0.25) is 5.91 Å². The quantitative estimate of drug-likeness (QED) is 0.927. The summed E-state index contributed by atoms with van der Waals surface area (Å²) in [5.74, 6) is 0.0233. The van der Waals surface area contributed by atoms with Crippen LogP contribution < -0.4 is 5.32 Å². The van der Waals surface area contributed by atoms with Gasteiger partial charge in [-0.05, 0) is 17.2 Å². The number of hydrogen-bond acceptors (Lipinski definition) is 2. The predicted octanol–water partition coefficient (Wildman–Crippen LogP) is 3.33. The van der Waals surface area contributed by atoms with Crippen molar-refractivity contribution < 1.29 is 4.79 Å². The molecule has 0 aliphatic carbocycles. The lowest BCUT2D eigenvalue weighted by molar-refractivity contribution is -0.129. The number of carbonyl (C=O) groups excluding carboxylic acids is 1. The second-order valence-electron chi connectivity index (χ2n) is 5.85. The standard InChI is InChI=1S/C17H20N2O/c1-17(2,3)16(20)19-15(13-8-5-4-6-9-13)14-10-7-11-18-12-14/h4-12,15H,1-3H3,(H,19,20)/t15-/m0/s1. The smallest absolute Gasteiger partial charge is 0.226 e. The lowest BCUT2D eigenvalue weighted by Gasteiger charge is -2.25. The molecule has 0 spiro atoms. The van der Waals surface area contributed by atoms with E-state index in [4.69, 9.17) is 0 Å². The summed E-state index contributed by atoms with van der Waals surface area (Å²) in [5.41, 5.74) is 1.62. The van der Waals surface area contributed by atoms with E-state index >= 15 is 0 Å².